The van der Waals surface area contributed by atoms with Crippen molar-refractivity contribution >= 4 is 11.6 Å². The number of nitro benzene ring substituents is 1. The molecule has 2 rings (SSSR count). The minimum Gasteiger partial charge on any atom is -0.496 e. The number of ether oxygens (including phenoxy) is 1. The third-order valence-corrected chi connectivity index (χ3v) is 3.78. The Morgan fingerprint density at radius 1 is 1.33 bits per heavy atom. The molecule has 2 atom stereocenters. The fraction of sp³-hybridized carbons (Fsp3) is 0.533. The molecule has 0 aromatic heterocycles. The highest BCUT2D eigenvalue weighted by Gasteiger charge is 2.28. The molecule has 1 heterocycles. The number of methoxy groups -OCH3 is 1. The van der Waals surface area contributed by atoms with Crippen molar-refractivity contribution in [2.45, 2.75) is 20.3 Å². The zero-order valence-corrected chi connectivity index (χ0v) is 12.5. The van der Waals surface area contributed by atoms with Crippen LogP contribution in [-0.2, 0) is 0 Å². The minimum atomic E-state index is -0.502. The summed E-state index contributed by atoms with van der Waals surface area (Å²) in [4.78, 5) is 24.8. The highest BCUT2D eigenvalue weighted by Crippen LogP contribution is 2.28. The van der Waals surface area contributed by atoms with E-state index in [2.05, 4.69) is 13.8 Å². The van der Waals surface area contributed by atoms with Gasteiger partial charge in [0.1, 0.15) is 5.75 Å². The van der Waals surface area contributed by atoms with Gasteiger partial charge in [-0.15, -0.1) is 0 Å². The smallest absolute Gasteiger partial charge is 0.270 e. The topological polar surface area (TPSA) is 72.7 Å². The summed E-state index contributed by atoms with van der Waals surface area (Å²) in [7, 11) is 1.46. The van der Waals surface area contributed by atoms with Gasteiger partial charge in [-0.05, 0) is 24.3 Å². The Morgan fingerprint density at radius 2 is 1.95 bits per heavy atom. The lowest BCUT2D eigenvalue weighted by Gasteiger charge is -2.35. The quantitative estimate of drug-likeness (QED) is 0.634. The Bertz CT molecular complexity index is 549. The van der Waals surface area contributed by atoms with Crippen LogP contribution in [0.1, 0.15) is 30.6 Å². The SMILES string of the molecule is COc1ccc([N+](=O)[O-])cc1C(=O)N1C[C@@H](C)C[C@H](C)C1. The highest BCUT2D eigenvalue weighted by atomic mass is 16.6. The number of carbonyl (C=O) groups excluding carboxylic acids is 1. The van der Waals surface area contributed by atoms with Gasteiger partial charge in [-0.3, -0.25) is 14.9 Å². The van der Waals surface area contributed by atoms with Crippen LogP contribution in [0.4, 0.5) is 5.69 Å². The Balaban J connectivity index is 2.32. The van der Waals surface area contributed by atoms with Crippen LogP contribution in [0.15, 0.2) is 18.2 Å². The summed E-state index contributed by atoms with van der Waals surface area (Å²) >= 11 is 0. The number of nitrogens with zero attached hydrogens (tertiary/aromatic N) is 2. The number of rotatable bonds is 3. The molecule has 6 nitrogen and oxygen atoms in total. The fourth-order valence-electron chi connectivity index (χ4n) is 2.98. The average molecular weight is 292 g/mol. The molecular formula is C15H20N2O4. The van der Waals surface area contributed by atoms with E-state index in [0.717, 1.165) is 6.42 Å². The van der Waals surface area contributed by atoms with E-state index in [1.807, 2.05) is 0 Å². The maximum atomic E-state index is 12.7. The van der Waals surface area contributed by atoms with Crippen molar-refractivity contribution in [1.29, 1.82) is 0 Å². The van der Waals surface area contributed by atoms with Crippen LogP contribution in [0, 0.1) is 22.0 Å². The lowest BCUT2D eigenvalue weighted by Crippen LogP contribution is -2.42. The lowest BCUT2D eigenvalue weighted by molar-refractivity contribution is -0.384. The molecule has 1 aliphatic rings. The van der Waals surface area contributed by atoms with E-state index in [9.17, 15) is 14.9 Å². The van der Waals surface area contributed by atoms with Gasteiger partial charge in [-0.2, -0.15) is 0 Å². The van der Waals surface area contributed by atoms with Crippen molar-refractivity contribution < 1.29 is 14.5 Å². The predicted molar refractivity (Wildman–Crippen MR) is 78.5 cm³/mol. The van der Waals surface area contributed by atoms with Crippen LogP contribution in [-0.4, -0.2) is 35.9 Å². The van der Waals surface area contributed by atoms with E-state index in [0.29, 0.717) is 30.7 Å². The molecule has 1 saturated heterocycles. The van der Waals surface area contributed by atoms with E-state index >= 15 is 0 Å². The molecule has 0 spiro atoms. The number of benzene rings is 1. The molecule has 21 heavy (non-hydrogen) atoms. The largest absolute Gasteiger partial charge is 0.496 e. The molecule has 0 unspecified atom stereocenters. The summed E-state index contributed by atoms with van der Waals surface area (Å²) in [5.74, 6) is 1.04. The summed E-state index contributed by atoms with van der Waals surface area (Å²) in [5.41, 5.74) is 0.158. The van der Waals surface area contributed by atoms with Gasteiger partial charge in [-0.25, -0.2) is 0 Å². The maximum absolute atomic E-state index is 12.7. The molecule has 1 amide bonds. The molecule has 0 bridgehead atoms. The molecule has 0 aliphatic carbocycles. The summed E-state index contributed by atoms with van der Waals surface area (Å²) in [6, 6.07) is 4.12. The van der Waals surface area contributed by atoms with Gasteiger partial charge < -0.3 is 9.64 Å². The first-order chi connectivity index (χ1) is 9.92. The van der Waals surface area contributed by atoms with E-state index in [4.69, 9.17) is 4.74 Å². The number of nitro groups is 1. The standard InChI is InChI=1S/C15H20N2O4/c1-10-6-11(2)9-16(8-10)15(18)13-7-12(17(19)20)4-5-14(13)21-3/h4-5,7,10-11H,6,8-9H2,1-3H3/t10-,11-/m0/s1. The monoisotopic (exact) mass is 292 g/mol. The number of piperidine rings is 1. The van der Waals surface area contributed by atoms with E-state index in [1.165, 1.54) is 25.3 Å². The van der Waals surface area contributed by atoms with Gasteiger partial charge in [0.15, 0.2) is 0 Å². The minimum absolute atomic E-state index is 0.0998. The van der Waals surface area contributed by atoms with Gasteiger partial charge in [0.25, 0.3) is 11.6 Å². The maximum Gasteiger partial charge on any atom is 0.270 e. The van der Waals surface area contributed by atoms with E-state index < -0.39 is 4.92 Å². The van der Waals surface area contributed by atoms with E-state index in [-0.39, 0.29) is 17.2 Å². The molecule has 1 fully saturated rings. The van der Waals surface area contributed by atoms with Crippen molar-refractivity contribution in [3.8, 4) is 5.75 Å². The van der Waals surface area contributed by atoms with Crippen molar-refractivity contribution in [2.75, 3.05) is 20.2 Å². The zero-order chi connectivity index (χ0) is 15.6. The molecule has 1 aromatic carbocycles. The van der Waals surface area contributed by atoms with Crippen molar-refractivity contribution in [1.82, 2.24) is 4.90 Å². The highest BCUT2D eigenvalue weighted by molar-refractivity contribution is 5.97. The van der Waals surface area contributed by atoms with Gasteiger partial charge in [0.2, 0.25) is 0 Å². The number of hydrogen-bond acceptors (Lipinski definition) is 4. The van der Waals surface area contributed by atoms with Gasteiger partial charge >= 0.3 is 0 Å². The molecular weight excluding hydrogens is 272 g/mol. The average Bonchev–Trinajstić information content (AvgIpc) is 2.44. The third kappa shape index (κ3) is 3.32. The van der Waals surface area contributed by atoms with Gasteiger partial charge in [-0.1, -0.05) is 13.8 Å². The fourth-order valence-corrected chi connectivity index (χ4v) is 2.98. The molecule has 6 heteroatoms. The van der Waals surface area contributed by atoms with Crippen LogP contribution in [0.3, 0.4) is 0 Å². The number of carbonyl (C=O) groups is 1. The van der Waals surface area contributed by atoms with Crippen LogP contribution < -0.4 is 4.74 Å². The molecule has 0 saturated carbocycles. The van der Waals surface area contributed by atoms with Crippen LogP contribution in [0.25, 0.3) is 0 Å². The van der Waals surface area contributed by atoms with Crippen molar-refractivity contribution in [3.05, 3.63) is 33.9 Å². The first-order valence-corrected chi connectivity index (χ1v) is 7.04. The second-order valence-corrected chi connectivity index (χ2v) is 5.80. The second-order valence-electron chi connectivity index (χ2n) is 5.80. The zero-order valence-electron chi connectivity index (χ0n) is 12.5. The number of hydrogen-bond donors (Lipinski definition) is 0. The number of non-ortho nitro benzene ring substituents is 1. The lowest BCUT2D eigenvalue weighted by atomic mass is 9.91. The van der Waals surface area contributed by atoms with Crippen molar-refractivity contribution in [2.24, 2.45) is 11.8 Å². The van der Waals surface area contributed by atoms with Gasteiger partial charge in [0, 0.05) is 25.2 Å². The Labute approximate surface area is 123 Å². The summed E-state index contributed by atoms with van der Waals surface area (Å²) in [6.45, 7) is 5.57. The molecule has 114 valence electrons. The van der Waals surface area contributed by atoms with Crippen LogP contribution >= 0.6 is 0 Å². The van der Waals surface area contributed by atoms with Crippen molar-refractivity contribution in [3.63, 3.8) is 0 Å². The molecule has 0 N–H and O–H groups in total. The Hall–Kier alpha value is -2.11. The second kappa shape index (κ2) is 6.11. The number of likely N-dealkylation sites (tertiary alicyclic amines) is 1. The molecule has 1 aromatic rings. The third-order valence-electron chi connectivity index (χ3n) is 3.78. The summed E-state index contributed by atoms with van der Waals surface area (Å²) in [5, 5.41) is 10.9. The normalized spacial score (nSPS) is 22.0. The molecule has 1 aliphatic heterocycles. The Morgan fingerprint density at radius 3 is 2.48 bits per heavy atom. The summed E-state index contributed by atoms with van der Waals surface area (Å²) < 4.78 is 5.18. The van der Waals surface area contributed by atoms with Crippen LogP contribution in [0.5, 0.6) is 5.75 Å². The van der Waals surface area contributed by atoms with Crippen LogP contribution in [0.2, 0.25) is 0 Å². The predicted octanol–water partition coefficient (Wildman–Crippen LogP) is 2.72. The van der Waals surface area contributed by atoms with Gasteiger partial charge in [0.05, 0.1) is 17.6 Å². The molecule has 0 radical (unpaired) electrons. The first kappa shape index (κ1) is 15.3. The Kier molecular flexibility index (Phi) is 4.45. The van der Waals surface area contributed by atoms with E-state index in [1.54, 1.807) is 4.90 Å². The first-order valence-electron chi connectivity index (χ1n) is 7.04. The number of amides is 1. The summed E-state index contributed by atoms with van der Waals surface area (Å²) in [6.07, 6.45) is 1.09.